The molecule has 9 nitrogen and oxygen atoms in total. The average molecular weight is 438 g/mol. The summed E-state index contributed by atoms with van der Waals surface area (Å²) >= 11 is 0. The molecule has 0 unspecified atom stereocenters. The van der Waals surface area contributed by atoms with Gasteiger partial charge in [0, 0.05) is 23.2 Å². The van der Waals surface area contributed by atoms with E-state index >= 15 is 0 Å². The Labute approximate surface area is 185 Å². The molecule has 3 rings (SSSR count). The first kappa shape index (κ1) is 22.9. The van der Waals surface area contributed by atoms with Crippen molar-refractivity contribution in [3.63, 3.8) is 0 Å². The van der Waals surface area contributed by atoms with Gasteiger partial charge in [-0.15, -0.1) is 0 Å². The molecule has 3 N–H and O–H groups in total. The zero-order chi connectivity index (χ0) is 23.4. The van der Waals surface area contributed by atoms with E-state index < -0.39 is 11.8 Å². The Bertz CT molecular complexity index is 1260. The number of benzene rings is 1. The second-order valence-corrected chi connectivity index (χ2v) is 7.72. The van der Waals surface area contributed by atoms with Gasteiger partial charge in [0.2, 0.25) is 0 Å². The molecule has 0 fully saturated rings. The first-order chi connectivity index (χ1) is 15.3. The van der Waals surface area contributed by atoms with Gasteiger partial charge < -0.3 is 4.98 Å². The number of aromatic nitrogens is 3. The maximum absolute atomic E-state index is 12.9. The zero-order valence-electron chi connectivity index (χ0n) is 18.7. The predicted octanol–water partition coefficient (Wildman–Crippen LogP) is 2.81. The number of H-pyrrole nitrogens is 1. The van der Waals surface area contributed by atoms with Crippen molar-refractivity contribution in [2.24, 2.45) is 0 Å². The Morgan fingerprint density at radius 1 is 1.03 bits per heavy atom. The van der Waals surface area contributed by atoms with E-state index in [1.807, 2.05) is 0 Å². The van der Waals surface area contributed by atoms with Gasteiger partial charge in [0.15, 0.2) is 11.5 Å². The van der Waals surface area contributed by atoms with Crippen LogP contribution in [-0.2, 0) is 6.54 Å². The van der Waals surface area contributed by atoms with Gasteiger partial charge in [-0.25, -0.2) is 4.68 Å². The minimum Gasteiger partial charge on any atom is -0.354 e. The predicted molar refractivity (Wildman–Crippen MR) is 121 cm³/mol. The maximum atomic E-state index is 12.9. The molecule has 9 heteroatoms. The summed E-state index contributed by atoms with van der Waals surface area (Å²) in [6.45, 7) is 7.26. The van der Waals surface area contributed by atoms with Crippen molar-refractivity contribution < 1.29 is 14.4 Å². The van der Waals surface area contributed by atoms with Gasteiger partial charge in [-0.3, -0.25) is 30.0 Å². The van der Waals surface area contributed by atoms with Gasteiger partial charge in [-0.1, -0.05) is 38.0 Å². The normalized spacial score (nSPS) is 10.9. The van der Waals surface area contributed by atoms with E-state index in [9.17, 15) is 19.2 Å². The van der Waals surface area contributed by atoms with Crippen LogP contribution in [0.3, 0.4) is 0 Å². The molecule has 3 aromatic rings. The number of hydrogen-bond acceptors (Lipinski definition) is 5. The smallest absolute Gasteiger partial charge is 0.290 e. The highest BCUT2D eigenvalue weighted by Crippen LogP contribution is 2.18. The number of unbranched alkanes of at least 4 members (excludes halogenated alkanes) is 2. The van der Waals surface area contributed by atoms with Crippen LogP contribution in [0, 0.1) is 13.8 Å². The molecular formula is C23H27N5O4. The van der Waals surface area contributed by atoms with Crippen LogP contribution in [0.15, 0.2) is 29.1 Å². The van der Waals surface area contributed by atoms with Crippen molar-refractivity contribution in [2.45, 2.75) is 53.5 Å². The van der Waals surface area contributed by atoms with E-state index in [-0.39, 0.29) is 22.7 Å². The molecule has 0 aliphatic carbocycles. The molecule has 1 aromatic carbocycles. The number of nitrogens with zero attached hydrogens (tertiary/aromatic N) is 2. The van der Waals surface area contributed by atoms with Crippen molar-refractivity contribution in [1.29, 1.82) is 0 Å². The van der Waals surface area contributed by atoms with Crippen LogP contribution in [0.1, 0.15) is 75.7 Å². The number of hydrazine groups is 1. The molecule has 0 saturated carbocycles. The molecule has 0 saturated heterocycles. The summed E-state index contributed by atoms with van der Waals surface area (Å²) in [5.41, 5.74) is 6.25. The Morgan fingerprint density at radius 2 is 1.69 bits per heavy atom. The standard InChI is InChI=1S/C23H27N5O4/c1-5-6-9-12-28-23(32)17-11-8-7-10-16(17)20(27-28)22(31)26-25-21(30)19-13(2)18(15(4)29)14(3)24-19/h7-8,10-11,24H,5-6,9,12H2,1-4H3,(H,25,30)(H,26,31). The molecule has 2 heterocycles. The topological polar surface area (TPSA) is 126 Å². The third-order valence-electron chi connectivity index (χ3n) is 5.36. The molecule has 168 valence electrons. The highest BCUT2D eigenvalue weighted by atomic mass is 16.2. The highest BCUT2D eigenvalue weighted by Gasteiger charge is 2.21. The highest BCUT2D eigenvalue weighted by molar-refractivity contribution is 6.06. The quantitative estimate of drug-likeness (QED) is 0.298. The van der Waals surface area contributed by atoms with E-state index in [1.54, 1.807) is 38.1 Å². The minimum absolute atomic E-state index is 0.0424. The van der Waals surface area contributed by atoms with Crippen molar-refractivity contribution >= 4 is 28.4 Å². The minimum atomic E-state index is -0.647. The summed E-state index contributed by atoms with van der Waals surface area (Å²) in [5.74, 6) is -1.39. The number of amides is 2. The molecule has 2 aromatic heterocycles. The van der Waals surface area contributed by atoms with E-state index in [4.69, 9.17) is 0 Å². The number of hydrogen-bond donors (Lipinski definition) is 3. The Balaban J connectivity index is 1.86. The van der Waals surface area contributed by atoms with Crippen molar-refractivity contribution in [3.05, 3.63) is 62.8 Å². The number of Topliss-reactive ketones (excluding diaryl/α,β-unsaturated/α-hetero) is 1. The fourth-order valence-electron chi connectivity index (χ4n) is 3.81. The lowest BCUT2D eigenvalue weighted by Gasteiger charge is -2.12. The first-order valence-corrected chi connectivity index (χ1v) is 10.6. The fourth-order valence-corrected chi connectivity index (χ4v) is 3.81. The second-order valence-electron chi connectivity index (χ2n) is 7.72. The van der Waals surface area contributed by atoms with E-state index in [2.05, 4.69) is 27.9 Å². The lowest BCUT2D eigenvalue weighted by molar-refractivity contribution is 0.0840. The van der Waals surface area contributed by atoms with Crippen LogP contribution >= 0.6 is 0 Å². The van der Waals surface area contributed by atoms with E-state index in [0.29, 0.717) is 34.1 Å². The van der Waals surface area contributed by atoms with Gasteiger partial charge in [0.1, 0.15) is 5.69 Å². The van der Waals surface area contributed by atoms with Crippen LogP contribution in [0.5, 0.6) is 0 Å². The average Bonchev–Trinajstić information content (AvgIpc) is 3.07. The number of ketones is 1. The van der Waals surface area contributed by atoms with Crippen molar-refractivity contribution in [3.8, 4) is 0 Å². The number of aryl methyl sites for hydroxylation is 2. The Morgan fingerprint density at radius 3 is 2.31 bits per heavy atom. The Kier molecular flexibility index (Phi) is 6.87. The van der Waals surface area contributed by atoms with Gasteiger partial charge in [-0.05, 0) is 38.8 Å². The fraction of sp³-hybridized carbons (Fsp3) is 0.348. The first-order valence-electron chi connectivity index (χ1n) is 10.6. The zero-order valence-corrected chi connectivity index (χ0v) is 18.7. The number of carbonyl (C=O) groups is 3. The van der Waals surface area contributed by atoms with Gasteiger partial charge in [-0.2, -0.15) is 5.10 Å². The molecule has 0 radical (unpaired) electrons. The van der Waals surface area contributed by atoms with Crippen LogP contribution in [-0.4, -0.2) is 32.4 Å². The molecule has 0 aliphatic rings. The summed E-state index contributed by atoms with van der Waals surface area (Å²) in [6, 6.07) is 6.75. The van der Waals surface area contributed by atoms with Crippen LogP contribution in [0.25, 0.3) is 10.8 Å². The number of carbonyl (C=O) groups excluding carboxylic acids is 3. The summed E-state index contributed by atoms with van der Waals surface area (Å²) in [7, 11) is 0. The Hall–Kier alpha value is -3.75. The lowest BCUT2D eigenvalue weighted by Crippen LogP contribution is -2.43. The lowest BCUT2D eigenvalue weighted by atomic mass is 10.1. The van der Waals surface area contributed by atoms with Gasteiger partial charge >= 0.3 is 0 Å². The van der Waals surface area contributed by atoms with E-state index in [1.165, 1.54) is 11.6 Å². The molecule has 0 bridgehead atoms. The summed E-state index contributed by atoms with van der Waals surface area (Å²) < 4.78 is 1.30. The van der Waals surface area contributed by atoms with E-state index in [0.717, 1.165) is 19.3 Å². The van der Waals surface area contributed by atoms with Crippen LogP contribution in [0.4, 0.5) is 0 Å². The molecule has 0 aliphatic heterocycles. The molecular weight excluding hydrogens is 410 g/mol. The number of fused-ring (bicyclic) bond motifs is 1. The largest absolute Gasteiger partial charge is 0.354 e. The van der Waals surface area contributed by atoms with Gasteiger partial charge in [0.05, 0.1) is 5.39 Å². The molecule has 0 spiro atoms. The van der Waals surface area contributed by atoms with Gasteiger partial charge in [0.25, 0.3) is 17.4 Å². The molecule has 32 heavy (non-hydrogen) atoms. The monoisotopic (exact) mass is 437 g/mol. The number of rotatable bonds is 7. The third kappa shape index (κ3) is 4.46. The molecule has 2 amide bonds. The summed E-state index contributed by atoms with van der Waals surface area (Å²) in [4.78, 5) is 52.9. The third-order valence-corrected chi connectivity index (χ3v) is 5.36. The molecule has 0 atom stereocenters. The van der Waals surface area contributed by atoms with Crippen molar-refractivity contribution in [1.82, 2.24) is 25.6 Å². The number of aromatic amines is 1. The SMILES string of the molecule is CCCCCn1nc(C(=O)NNC(=O)c2[nH]c(C)c(C(C)=O)c2C)c2ccccc2c1=O. The maximum Gasteiger partial charge on any atom is 0.290 e. The van der Waals surface area contributed by atoms with Crippen LogP contribution < -0.4 is 16.4 Å². The van der Waals surface area contributed by atoms with Crippen LogP contribution in [0.2, 0.25) is 0 Å². The second kappa shape index (κ2) is 9.59. The summed E-state index contributed by atoms with van der Waals surface area (Å²) in [6.07, 6.45) is 2.70. The summed E-state index contributed by atoms with van der Waals surface area (Å²) in [5, 5.41) is 5.06. The number of nitrogens with one attached hydrogen (secondary N) is 3. The van der Waals surface area contributed by atoms with Crippen molar-refractivity contribution in [2.75, 3.05) is 0 Å².